The van der Waals surface area contributed by atoms with Crippen LogP contribution >= 0.6 is 11.3 Å². The molecule has 2 heterocycles. The molecule has 0 aliphatic heterocycles. The number of nitrogens with one attached hydrogen (secondary N) is 2. The molecule has 1 aromatic carbocycles. The number of amides is 1. The summed E-state index contributed by atoms with van der Waals surface area (Å²) in [5.74, 6) is -0.596. The lowest BCUT2D eigenvalue weighted by molar-refractivity contribution is -0.137. The Balaban J connectivity index is 1.62. The van der Waals surface area contributed by atoms with Crippen molar-refractivity contribution in [3.63, 3.8) is 0 Å². The van der Waals surface area contributed by atoms with E-state index in [9.17, 15) is 26.4 Å². The molecule has 3 aromatic rings. The fraction of sp³-hybridized carbons (Fsp3) is 0.118. The van der Waals surface area contributed by atoms with Crippen molar-refractivity contribution in [2.75, 3.05) is 4.72 Å². The fourth-order valence-electron chi connectivity index (χ4n) is 2.21. The van der Waals surface area contributed by atoms with Gasteiger partial charge in [-0.2, -0.15) is 13.2 Å². The Hall–Kier alpha value is -2.99. The number of aromatic nitrogens is 2. The molecule has 0 aliphatic rings. The van der Waals surface area contributed by atoms with E-state index in [2.05, 4.69) is 20.0 Å². The minimum absolute atomic E-state index is 0.00962. The Kier molecular flexibility index (Phi) is 5.84. The smallest absolute Gasteiger partial charge is 0.347 e. The third-order valence-electron chi connectivity index (χ3n) is 3.67. The number of alkyl halides is 3. The van der Waals surface area contributed by atoms with Gasteiger partial charge in [0.05, 0.1) is 5.56 Å². The molecule has 0 atom stereocenters. The molecule has 2 N–H and O–H groups in total. The van der Waals surface area contributed by atoms with E-state index in [4.69, 9.17) is 0 Å². The summed E-state index contributed by atoms with van der Waals surface area (Å²) in [6, 6.07) is 6.82. The van der Waals surface area contributed by atoms with Crippen LogP contribution in [0.15, 0.2) is 59.1 Å². The summed E-state index contributed by atoms with van der Waals surface area (Å²) in [7, 11) is -3.89. The zero-order valence-electron chi connectivity index (χ0n) is 14.5. The zero-order chi connectivity index (χ0) is 21.1. The van der Waals surface area contributed by atoms with Gasteiger partial charge < -0.3 is 5.32 Å². The van der Waals surface area contributed by atoms with Gasteiger partial charge in [0.1, 0.15) is 10.6 Å². The third kappa shape index (κ3) is 5.29. The summed E-state index contributed by atoms with van der Waals surface area (Å²) in [6.07, 6.45) is -1.95. The molecule has 0 unspecified atom stereocenters. The minimum atomic E-state index is -4.43. The number of hydrogen-bond acceptors (Lipinski definition) is 6. The average molecular weight is 442 g/mol. The lowest BCUT2D eigenvalue weighted by atomic mass is 10.1. The average Bonchev–Trinajstić information content (AvgIpc) is 3.18. The molecule has 0 aliphatic carbocycles. The molecule has 152 valence electrons. The van der Waals surface area contributed by atoms with Crippen LogP contribution in [0.4, 0.5) is 18.3 Å². The molecular weight excluding hydrogens is 429 g/mol. The van der Waals surface area contributed by atoms with E-state index in [-0.39, 0.29) is 22.3 Å². The van der Waals surface area contributed by atoms with Crippen LogP contribution in [0.2, 0.25) is 0 Å². The number of sulfonamides is 1. The van der Waals surface area contributed by atoms with Crippen molar-refractivity contribution in [3.8, 4) is 0 Å². The van der Waals surface area contributed by atoms with Crippen LogP contribution < -0.4 is 10.0 Å². The van der Waals surface area contributed by atoms with E-state index in [1.807, 2.05) is 0 Å². The van der Waals surface area contributed by atoms with Crippen molar-refractivity contribution in [1.82, 2.24) is 15.3 Å². The second-order valence-electron chi connectivity index (χ2n) is 5.70. The molecule has 0 radical (unpaired) electrons. The maximum atomic E-state index is 12.5. The number of carbonyl (C=O) groups is 1. The second-order valence-corrected chi connectivity index (χ2v) is 8.28. The Morgan fingerprint density at radius 1 is 1.07 bits per heavy atom. The van der Waals surface area contributed by atoms with Gasteiger partial charge in [0.25, 0.3) is 15.9 Å². The van der Waals surface area contributed by atoms with E-state index >= 15 is 0 Å². The van der Waals surface area contributed by atoms with Crippen LogP contribution in [0.3, 0.4) is 0 Å². The van der Waals surface area contributed by atoms with Gasteiger partial charge in [-0.1, -0.05) is 12.1 Å². The lowest BCUT2D eigenvalue weighted by Gasteiger charge is -2.09. The molecule has 0 saturated heterocycles. The Labute approximate surface area is 167 Å². The van der Waals surface area contributed by atoms with Gasteiger partial charge in [-0.3, -0.25) is 9.52 Å². The maximum Gasteiger partial charge on any atom is 0.416 e. The van der Waals surface area contributed by atoms with Crippen LogP contribution in [-0.4, -0.2) is 24.3 Å². The molecule has 2 aromatic heterocycles. The van der Waals surface area contributed by atoms with E-state index in [0.717, 1.165) is 29.7 Å². The number of halogens is 3. The van der Waals surface area contributed by atoms with Crippen LogP contribution in [0.25, 0.3) is 0 Å². The predicted octanol–water partition coefficient (Wildman–Crippen LogP) is 3.29. The molecule has 0 bridgehead atoms. The van der Waals surface area contributed by atoms with Crippen LogP contribution in [-0.2, 0) is 22.7 Å². The highest BCUT2D eigenvalue weighted by Gasteiger charge is 2.29. The summed E-state index contributed by atoms with van der Waals surface area (Å²) in [5, 5.41) is 4.32. The topological polar surface area (TPSA) is 101 Å². The first-order chi connectivity index (χ1) is 13.6. The number of nitrogens with zero attached hydrogens (tertiary/aromatic N) is 2. The van der Waals surface area contributed by atoms with Crippen LogP contribution in [0.1, 0.15) is 21.6 Å². The molecular formula is C17H13F3N4O3S2. The Morgan fingerprint density at radius 2 is 1.79 bits per heavy atom. The summed E-state index contributed by atoms with van der Waals surface area (Å²) < 4.78 is 64.4. The van der Waals surface area contributed by atoms with Gasteiger partial charge in [0, 0.05) is 24.3 Å². The molecule has 0 saturated carbocycles. The van der Waals surface area contributed by atoms with Crippen molar-refractivity contribution in [3.05, 3.63) is 71.0 Å². The predicted molar refractivity (Wildman–Crippen MR) is 99.8 cm³/mol. The number of anilines is 1. The first-order valence-electron chi connectivity index (χ1n) is 7.98. The summed E-state index contributed by atoms with van der Waals surface area (Å²) in [6.45, 7) is -0.00962. The van der Waals surface area contributed by atoms with Gasteiger partial charge >= 0.3 is 6.18 Å². The van der Waals surface area contributed by atoms with Gasteiger partial charge in [-0.15, -0.1) is 11.3 Å². The summed E-state index contributed by atoms with van der Waals surface area (Å²) >= 11 is 1.11. The molecule has 0 spiro atoms. The first kappa shape index (κ1) is 20.7. The number of benzene rings is 1. The molecule has 29 heavy (non-hydrogen) atoms. The van der Waals surface area contributed by atoms with E-state index < -0.39 is 27.7 Å². The summed E-state index contributed by atoms with van der Waals surface area (Å²) in [5.41, 5.74) is -0.347. The Morgan fingerprint density at radius 3 is 2.34 bits per heavy atom. The second kappa shape index (κ2) is 8.17. The van der Waals surface area contributed by atoms with E-state index in [1.54, 1.807) is 5.38 Å². The molecule has 0 fully saturated rings. The SMILES string of the molecule is O=C(NCc1ccc(C(F)(F)F)cc1)c1ccc(S(=O)(=O)Nc2nccs2)cn1. The number of rotatable bonds is 6. The van der Waals surface area contributed by atoms with Crippen molar-refractivity contribution < 1.29 is 26.4 Å². The maximum absolute atomic E-state index is 12.5. The first-order valence-corrected chi connectivity index (χ1v) is 10.3. The summed E-state index contributed by atoms with van der Waals surface area (Å²) in [4.78, 5) is 19.7. The van der Waals surface area contributed by atoms with Gasteiger partial charge in [0.15, 0.2) is 5.13 Å². The van der Waals surface area contributed by atoms with Crippen LogP contribution in [0, 0.1) is 0 Å². The highest BCUT2D eigenvalue weighted by molar-refractivity contribution is 7.93. The quantitative estimate of drug-likeness (QED) is 0.610. The fourth-order valence-corrected chi connectivity index (χ4v) is 3.94. The Bertz CT molecular complexity index is 1080. The third-order valence-corrected chi connectivity index (χ3v) is 5.81. The van der Waals surface area contributed by atoms with Crippen LogP contribution in [0.5, 0.6) is 0 Å². The van der Waals surface area contributed by atoms with Crippen molar-refractivity contribution >= 4 is 32.4 Å². The zero-order valence-corrected chi connectivity index (χ0v) is 16.1. The van der Waals surface area contributed by atoms with Crippen molar-refractivity contribution in [2.45, 2.75) is 17.6 Å². The van der Waals surface area contributed by atoms with Crippen molar-refractivity contribution in [1.29, 1.82) is 0 Å². The normalized spacial score (nSPS) is 11.8. The number of pyridine rings is 1. The van der Waals surface area contributed by atoms with Gasteiger partial charge in [0.2, 0.25) is 0 Å². The largest absolute Gasteiger partial charge is 0.416 e. The molecule has 3 rings (SSSR count). The highest BCUT2D eigenvalue weighted by atomic mass is 32.2. The number of carbonyl (C=O) groups excluding carboxylic acids is 1. The monoisotopic (exact) mass is 442 g/mol. The lowest BCUT2D eigenvalue weighted by Crippen LogP contribution is -2.24. The highest BCUT2D eigenvalue weighted by Crippen LogP contribution is 2.29. The van der Waals surface area contributed by atoms with Gasteiger partial charge in [-0.05, 0) is 29.8 Å². The molecule has 7 nitrogen and oxygen atoms in total. The van der Waals surface area contributed by atoms with E-state index in [0.29, 0.717) is 5.56 Å². The molecule has 1 amide bonds. The minimum Gasteiger partial charge on any atom is -0.347 e. The van der Waals surface area contributed by atoms with Gasteiger partial charge in [-0.25, -0.2) is 18.4 Å². The van der Waals surface area contributed by atoms with E-state index in [1.165, 1.54) is 30.5 Å². The number of hydrogen-bond donors (Lipinski definition) is 2. The van der Waals surface area contributed by atoms with Crippen molar-refractivity contribution in [2.24, 2.45) is 0 Å². The standard InChI is InChI=1S/C17H13F3N4O3S2/c18-17(19,20)12-3-1-11(2-4-12)9-23-15(25)14-6-5-13(10-22-14)29(26,27)24-16-21-7-8-28-16/h1-8,10H,9H2,(H,21,24)(H,23,25). The molecule has 12 heteroatoms. The number of thiazole rings is 1.